The van der Waals surface area contributed by atoms with Crippen LogP contribution in [0.3, 0.4) is 0 Å². The molecule has 1 fully saturated rings. The Bertz CT molecular complexity index is 414. The Balaban J connectivity index is 2.22. The molecule has 1 saturated carbocycles. The second-order valence-electron chi connectivity index (χ2n) is 4.22. The van der Waals surface area contributed by atoms with Crippen molar-refractivity contribution in [1.82, 2.24) is 3.96 Å². The van der Waals surface area contributed by atoms with Crippen LogP contribution in [0.15, 0.2) is 4.79 Å². The van der Waals surface area contributed by atoms with Crippen molar-refractivity contribution in [3.8, 4) is 0 Å². The lowest BCUT2D eigenvalue weighted by Gasteiger charge is -2.34. The Morgan fingerprint density at radius 1 is 1.29 bits per heavy atom. The van der Waals surface area contributed by atoms with Crippen molar-refractivity contribution in [2.24, 2.45) is 0 Å². The number of aromatic nitrogens is 1. The highest BCUT2D eigenvalue weighted by atomic mass is 35.5. The van der Waals surface area contributed by atoms with E-state index < -0.39 is 0 Å². The number of nitrogens with zero attached hydrogens (tertiary/aromatic N) is 1. The van der Waals surface area contributed by atoms with Gasteiger partial charge in [0.2, 0.25) is 0 Å². The summed E-state index contributed by atoms with van der Waals surface area (Å²) in [5.41, 5.74) is 1.30. The average Bonchev–Trinajstić information content (AvgIpc) is 2.60. The fourth-order valence-corrected chi connectivity index (χ4v) is 4.30. The van der Waals surface area contributed by atoms with Gasteiger partial charge in [0.1, 0.15) is 6.00 Å². The molecule has 0 aromatic carbocycles. The fourth-order valence-electron chi connectivity index (χ4n) is 2.84. The molecule has 1 aromatic rings. The Morgan fingerprint density at radius 2 is 1.93 bits per heavy atom. The molecule has 1 aromatic heterocycles. The van der Waals surface area contributed by atoms with E-state index in [2.05, 4.69) is 0 Å². The van der Waals surface area contributed by atoms with Crippen molar-refractivity contribution < 1.29 is 0 Å². The van der Waals surface area contributed by atoms with E-state index in [1.165, 1.54) is 30.6 Å². The van der Waals surface area contributed by atoms with Crippen molar-refractivity contribution in [1.29, 1.82) is 0 Å². The van der Waals surface area contributed by atoms with Gasteiger partial charge in [0, 0.05) is 10.4 Å². The number of hydrogen-bond acceptors (Lipinski definition) is 2. The average molecular weight is 230 g/mol. The summed E-state index contributed by atoms with van der Waals surface area (Å²) < 4.78 is 1.70. The summed E-state index contributed by atoms with van der Waals surface area (Å²) in [6.45, 7) is 0. The summed E-state index contributed by atoms with van der Waals surface area (Å²) in [4.78, 5) is 13.3. The Labute approximate surface area is 91.7 Å². The first kappa shape index (κ1) is 8.98. The lowest BCUT2D eigenvalue weighted by molar-refractivity contribution is 0.363. The van der Waals surface area contributed by atoms with Crippen molar-refractivity contribution >= 4 is 23.1 Å². The van der Waals surface area contributed by atoms with Gasteiger partial charge in [-0.15, -0.1) is 11.6 Å². The molecule has 0 radical (unpaired) electrons. The highest BCUT2D eigenvalue weighted by molar-refractivity contribution is 7.06. The highest BCUT2D eigenvalue weighted by Gasteiger charge is 2.37. The first-order chi connectivity index (χ1) is 6.81. The van der Waals surface area contributed by atoms with Crippen molar-refractivity contribution in [2.45, 2.75) is 43.5 Å². The highest BCUT2D eigenvalue weighted by Crippen LogP contribution is 2.49. The predicted molar refractivity (Wildman–Crippen MR) is 58.4 cm³/mol. The number of hydrogen-bond donors (Lipinski definition) is 0. The van der Waals surface area contributed by atoms with Crippen LogP contribution in [0, 0.1) is 0 Å². The first-order valence-corrected chi connectivity index (χ1v) is 6.42. The SMILES string of the molecule is O=c1c2c(sn1CCl)C1CCC2CC1. The van der Waals surface area contributed by atoms with Gasteiger partial charge in [0.05, 0.1) is 0 Å². The summed E-state index contributed by atoms with van der Waals surface area (Å²) in [5.74, 6) is 1.21. The van der Waals surface area contributed by atoms with Crippen LogP contribution >= 0.6 is 23.1 Å². The minimum absolute atomic E-state index is 0.189. The number of fused-ring (bicyclic) bond motifs is 2. The van der Waals surface area contributed by atoms with Gasteiger partial charge in [-0.05, 0) is 37.5 Å². The van der Waals surface area contributed by atoms with Gasteiger partial charge in [-0.2, -0.15) is 0 Å². The van der Waals surface area contributed by atoms with Crippen LogP contribution in [0.2, 0.25) is 0 Å². The summed E-state index contributed by atoms with van der Waals surface area (Å²) in [7, 11) is 0. The molecule has 0 aliphatic heterocycles. The van der Waals surface area contributed by atoms with Crippen LogP contribution in [-0.2, 0) is 6.00 Å². The number of alkyl halides is 1. The van der Waals surface area contributed by atoms with E-state index in [0.29, 0.717) is 17.8 Å². The maximum absolute atomic E-state index is 11.9. The molecule has 4 rings (SSSR count). The molecule has 0 atom stereocenters. The molecular formula is C10H12ClNOS. The third kappa shape index (κ3) is 1.06. The van der Waals surface area contributed by atoms with E-state index in [1.54, 1.807) is 15.5 Å². The largest absolute Gasteiger partial charge is 0.268 e. The Hall–Kier alpha value is -0.280. The molecule has 2 bridgehead atoms. The molecule has 14 heavy (non-hydrogen) atoms. The van der Waals surface area contributed by atoms with Crippen LogP contribution in [-0.4, -0.2) is 3.96 Å². The molecule has 0 saturated heterocycles. The van der Waals surface area contributed by atoms with E-state index in [-0.39, 0.29) is 5.56 Å². The van der Waals surface area contributed by atoms with Gasteiger partial charge < -0.3 is 0 Å². The molecule has 0 unspecified atom stereocenters. The quantitative estimate of drug-likeness (QED) is 0.679. The van der Waals surface area contributed by atoms with Gasteiger partial charge in [0.25, 0.3) is 5.56 Å². The standard InChI is InChI=1S/C10H12ClNOS/c11-5-12-10(13)8-6-1-3-7(4-2-6)9(8)14-12/h6-7H,1-5H2. The van der Waals surface area contributed by atoms with E-state index >= 15 is 0 Å². The van der Waals surface area contributed by atoms with Crippen LogP contribution in [0.1, 0.15) is 48.0 Å². The summed E-state index contributed by atoms with van der Waals surface area (Å²) in [6, 6.07) is 0.315. The van der Waals surface area contributed by atoms with E-state index in [4.69, 9.17) is 11.6 Å². The normalized spacial score (nSPS) is 29.2. The molecule has 76 valence electrons. The maximum atomic E-state index is 11.9. The smallest absolute Gasteiger partial charge is 0.265 e. The summed E-state index contributed by atoms with van der Waals surface area (Å²) in [6.07, 6.45) is 4.98. The van der Waals surface area contributed by atoms with Crippen molar-refractivity contribution in [2.75, 3.05) is 0 Å². The van der Waals surface area contributed by atoms with Crippen LogP contribution < -0.4 is 5.56 Å². The first-order valence-electron chi connectivity index (χ1n) is 5.11. The maximum Gasteiger partial charge on any atom is 0.265 e. The van der Waals surface area contributed by atoms with Gasteiger partial charge in [0.15, 0.2) is 0 Å². The number of rotatable bonds is 1. The van der Waals surface area contributed by atoms with Crippen LogP contribution in [0.5, 0.6) is 0 Å². The molecule has 0 N–H and O–H groups in total. The van der Waals surface area contributed by atoms with Crippen LogP contribution in [0.25, 0.3) is 0 Å². The summed E-state index contributed by atoms with van der Waals surface area (Å²) in [5, 5.41) is 0. The van der Waals surface area contributed by atoms with E-state index in [0.717, 1.165) is 5.56 Å². The molecule has 3 aliphatic rings. The van der Waals surface area contributed by atoms with Crippen LogP contribution in [0.4, 0.5) is 0 Å². The lowest BCUT2D eigenvalue weighted by atomic mass is 9.71. The second kappa shape index (κ2) is 3.11. The Kier molecular flexibility index (Phi) is 1.99. The Morgan fingerprint density at radius 3 is 2.50 bits per heavy atom. The fraction of sp³-hybridized carbons (Fsp3) is 0.700. The van der Waals surface area contributed by atoms with Crippen molar-refractivity contribution in [3.63, 3.8) is 0 Å². The minimum Gasteiger partial charge on any atom is -0.268 e. The van der Waals surface area contributed by atoms with Gasteiger partial charge in [-0.25, -0.2) is 3.96 Å². The van der Waals surface area contributed by atoms with Gasteiger partial charge in [-0.3, -0.25) is 4.79 Å². The molecule has 0 amide bonds. The molecule has 3 aliphatic carbocycles. The zero-order chi connectivity index (χ0) is 9.71. The third-order valence-electron chi connectivity index (χ3n) is 3.55. The summed E-state index contributed by atoms with van der Waals surface area (Å²) >= 11 is 7.34. The molecule has 2 nitrogen and oxygen atoms in total. The monoisotopic (exact) mass is 229 g/mol. The molecule has 1 heterocycles. The van der Waals surface area contributed by atoms with Gasteiger partial charge >= 0.3 is 0 Å². The zero-order valence-electron chi connectivity index (χ0n) is 7.83. The van der Waals surface area contributed by atoms with E-state index in [1.807, 2.05) is 0 Å². The second-order valence-corrected chi connectivity index (χ2v) is 5.52. The lowest BCUT2D eigenvalue weighted by Crippen LogP contribution is -2.26. The molecule has 0 spiro atoms. The molecular weight excluding hydrogens is 218 g/mol. The van der Waals surface area contributed by atoms with E-state index in [9.17, 15) is 4.79 Å². The van der Waals surface area contributed by atoms with Gasteiger partial charge in [-0.1, -0.05) is 11.5 Å². The number of halogens is 1. The topological polar surface area (TPSA) is 22.0 Å². The zero-order valence-corrected chi connectivity index (χ0v) is 9.40. The molecule has 4 heteroatoms. The third-order valence-corrected chi connectivity index (χ3v) is 5.19. The predicted octanol–water partition coefficient (Wildman–Crippen LogP) is 2.86. The minimum atomic E-state index is 0.189. The van der Waals surface area contributed by atoms with Crippen molar-refractivity contribution in [3.05, 3.63) is 20.8 Å².